The highest BCUT2D eigenvalue weighted by Crippen LogP contribution is 2.42. The molecule has 7 nitrogen and oxygen atoms in total. The van der Waals surface area contributed by atoms with Crippen LogP contribution in [-0.2, 0) is 5.75 Å². The lowest BCUT2D eigenvalue weighted by molar-refractivity contribution is 0.499. The molecule has 0 radical (unpaired) electrons. The van der Waals surface area contributed by atoms with Crippen LogP contribution in [0.5, 0.6) is 0 Å². The van der Waals surface area contributed by atoms with Crippen LogP contribution in [0.4, 0.5) is 0 Å². The van der Waals surface area contributed by atoms with Crippen LogP contribution in [0.15, 0.2) is 37.6 Å². The fourth-order valence-corrected chi connectivity index (χ4v) is 4.55. The second-order valence-corrected chi connectivity index (χ2v) is 8.39. The quantitative estimate of drug-likeness (QED) is 0.427. The zero-order valence-electron chi connectivity index (χ0n) is 14.9. The molecule has 0 bridgehead atoms. The van der Waals surface area contributed by atoms with E-state index >= 15 is 0 Å². The molecule has 4 heterocycles. The standard InChI is InChI=1S/C18H17N5O2S2/c1-10-8-13(11(2)24-10)17-21-19-15(25-17)9-27-18-22-20-16(14-4-3-7-26-14)23(18)12-5-6-12/h3-4,7-8,12H,5-6,9H2,1-2H3. The molecule has 0 amide bonds. The third-order valence-corrected chi connectivity index (χ3v) is 6.17. The van der Waals surface area contributed by atoms with Gasteiger partial charge in [0.05, 0.1) is 16.2 Å². The molecule has 9 heteroatoms. The summed E-state index contributed by atoms with van der Waals surface area (Å²) in [4.78, 5) is 1.15. The van der Waals surface area contributed by atoms with Crippen molar-refractivity contribution in [3.8, 4) is 22.2 Å². The second-order valence-electron chi connectivity index (χ2n) is 6.50. The lowest BCUT2D eigenvalue weighted by atomic mass is 10.2. The van der Waals surface area contributed by atoms with E-state index in [0.29, 0.717) is 23.6 Å². The normalized spacial score (nSPS) is 14.1. The minimum Gasteiger partial charge on any atom is -0.466 e. The summed E-state index contributed by atoms with van der Waals surface area (Å²) in [5.74, 6) is 4.17. The van der Waals surface area contributed by atoms with Crippen LogP contribution >= 0.6 is 23.1 Å². The Balaban J connectivity index is 1.36. The van der Waals surface area contributed by atoms with Gasteiger partial charge >= 0.3 is 0 Å². The molecule has 5 rings (SSSR count). The number of aromatic nitrogens is 5. The highest BCUT2D eigenvalue weighted by Gasteiger charge is 2.30. The second kappa shape index (κ2) is 6.65. The van der Waals surface area contributed by atoms with E-state index in [4.69, 9.17) is 8.83 Å². The van der Waals surface area contributed by atoms with Gasteiger partial charge in [-0.05, 0) is 44.2 Å². The largest absolute Gasteiger partial charge is 0.466 e. The van der Waals surface area contributed by atoms with E-state index < -0.39 is 0 Å². The molecule has 0 N–H and O–H groups in total. The van der Waals surface area contributed by atoms with Crippen molar-refractivity contribution < 1.29 is 8.83 Å². The van der Waals surface area contributed by atoms with Gasteiger partial charge in [-0.15, -0.1) is 31.7 Å². The first-order chi connectivity index (χ1) is 13.2. The highest BCUT2D eigenvalue weighted by atomic mass is 32.2. The maximum atomic E-state index is 5.82. The fraction of sp³-hybridized carbons (Fsp3) is 0.333. The van der Waals surface area contributed by atoms with E-state index in [2.05, 4.69) is 36.4 Å². The molecule has 0 atom stereocenters. The summed E-state index contributed by atoms with van der Waals surface area (Å²) in [6.45, 7) is 3.80. The molecule has 0 unspecified atom stereocenters. The number of rotatable bonds is 6. The third kappa shape index (κ3) is 3.21. The summed E-state index contributed by atoms with van der Waals surface area (Å²) in [6, 6.07) is 6.53. The van der Waals surface area contributed by atoms with Gasteiger partial charge < -0.3 is 8.83 Å². The molecule has 1 saturated carbocycles. The van der Waals surface area contributed by atoms with E-state index in [0.717, 1.165) is 32.9 Å². The van der Waals surface area contributed by atoms with Gasteiger partial charge in [0.25, 0.3) is 5.89 Å². The molecule has 1 aliphatic rings. The van der Waals surface area contributed by atoms with E-state index in [1.807, 2.05) is 26.0 Å². The molecule has 0 spiro atoms. The van der Waals surface area contributed by atoms with Gasteiger partial charge in [-0.25, -0.2) is 0 Å². The molecule has 138 valence electrons. The first-order valence-electron chi connectivity index (χ1n) is 8.70. The summed E-state index contributed by atoms with van der Waals surface area (Å²) in [7, 11) is 0. The Labute approximate surface area is 163 Å². The molecule has 0 aromatic carbocycles. The summed E-state index contributed by atoms with van der Waals surface area (Å²) >= 11 is 3.26. The summed E-state index contributed by atoms with van der Waals surface area (Å²) in [5.41, 5.74) is 0.845. The van der Waals surface area contributed by atoms with Crippen molar-refractivity contribution in [1.82, 2.24) is 25.0 Å². The SMILES string of the molecule is Cc1cc(-c2nnc(CSc3nnc(-c4cccs4)n3C3CC3)o2)c(C)o1. The van der Waals surface area contributed by atoms with Crippen molar-refractivity contribution >= 4 is 23.1 Å². The molecular formula is C18H17N5O2S2. The first kappa shape index (κ1) is 16.8. The fourth-order valence-electron chi connectivity index (χ4n) is 3.00. The topological polar surface area (TPSA) is 82.8 Å². The lowest BCUT2D eigenvalue weighted by Crippen LogP contribution is -1.99. The first-order valence-corrected chi connectivity index (χ1v) is 10.6. The Morgan fingerprint density at radius 1 is 1.19 bits per heavy atom. The Morgan fingerprint density at radius 2 is 2.07 bits per heavy atom. The molecule has 4 aromatic rings. The smallest absolute Gasteiger partial charge is 0.251 e. The summed E-state index contributed by atoms with van der Waals surface area (Å²) in [5, 5.41) is 20.1. The van der Waals surface area contributed by atoms with Crippen molar-refractivity contribution in [2.45, 2.75) is 43.6 Å². The van der Waals surface area contributed by atoms with E-state index in [9.17, 15) is 0 Å². The number of nitrogens with zero attached hydrogens (tertiary/aromatic N) is 5. The monoisotopic (exact) mass is 399 g/mol. The predicted molar refractivity (Wildman–Crippen MR) is 103 cm³/mol. The van der Waals surface area contributed by atoms with Crippen LogP contribution in [0.25, 0.3) is 22.2 Å². The number of hydrogen-bond donors (Lipinski definition) is 0. The number of thioether (sulfide) groups is 1. The summed E-state index contributed by atoms with van der Waals surface area (Å²) < 4.78 is 13.6. The van der Waals surface area contributed by atoms with E-state index in [-0.39, 0.29) is 0 Å². The molecule has 0 aliphatic heterocycles. The van der Waals surface area contributed by atoms with Crippen LogP contribution in [0.3, 0.4) is 0 Å². The number of furan rings is 1. The number of hydrogen-bond acceptors (Lipinski definition) is 8. The predicted octanol–water partition coefficient (Wildman–Crippen LogP) is 4.89. The van der Waals surface area contributed by atoms with Crippen molar-refractivity contribution in [2.24, 2.45) is 0 Å². The molecule has 0 saturated heterocycles. The van der Waals surface area contributed by atoms with Gasteiger partial charge in [0.1, 0.15) is 11.5 Å². The van der Waals surface area contributed by atoms with E-state index in [1.165, 1.54) is 12.8 Å². The molecule has 1 fully saturated rings. The van der Waals surface area contributed by atoms with Crippen molar-refractivity contribution in [2.75, 3.05) is 0 Å². The Hall–Kier alpha value is -2.39. The average molecular weight is 400 g/mol. The third-order valence-electron chi connectivity index (χ3n) is 4.38. The maximum Gasteiger partial charge on any atom is 0.251 e. The summed E-state index contributed by atoms with van der Waals surface area (Å²) in [6.07, 6.45) is 2.35. The van der Waals surface area contributed by atoms with Gasteiger partial charge in [-0.3, -0.25) is 4.57 Å². The van der Waals surface area contributed by atoms with Crippen LogP contribution in [0.1, 0.15) is 36.3 Å². The Morgan fingerprint density at radius 3 is 2.78 bits per heavy atom. The van der Waals surface area contributed by atoms with Gasteiger partial charge in [-0.1, -0.05) is 17.8 Å². The Kier molecular flexibility index (Phi) is 4.13. The van der Waals surface area contributed by atoms with Crippen molar-refractivity contribution in [3.05, 3.63) is 41.0 Å². The molecule has 1 aliphatic carbocycles. The van der Waals surface area contributed by atoms with Crippen molar-refractivity contribution in [1.29, 1.82) is 0 Å². The Bertz CT molecular complexity index is 1080. The average Bonchev–Trinajstić information content (AvgIpc) is 3.07. The van der Waals surface area contributed by atoms with Gasteiger partial charge in [0, 0.05) is 6.04 Å². The number of thiophene rings is 1. The van der Waals surface area contributed by atoms with Crippen LogP contribution in [0, 0.1) is 13.8 Å². The zero-order chi connectivity index (χ0) is 18.4. The van der Waals surface area contributed by atoms with Crippen molar-refractivity contribution in [3.63, 3.8) is 0 Å². The van der Waals surface area contributed by atoms with Gasteiger partial charge in [0.2, 0.25) is 5.89 Å². The molecule has 4 aromatic heterocycles. The van der Waals surface area contributed by atoms with Crippen LogP contribution in [-0.4, -0.2) is 25.0 Å². The lowest BCUT2D eigenvalue weighted by Gasteiger charge is -2.06. The minimum absolute atomic E-state index is 0.489. The molecular weight excluding hydrogens is 382 g/mol. The van der Waals surface area contributed by atoms with Gasteiger partial charge in [-0.2, -0.15) is 0 Å². The number of aryl methyl sites for hydroxylation is 2. The highest BCUT2D eigenvalue weighted by molar-refractivity contribution is 7.98. The van der Waals surface area contributed by atoms with E-state index in [1.54, 1.807) is 23.1 Å². The molecule has 27 heavy (non-hydrogen) atoms. The maximum absolute atomic E-state index is 5.82. The minimum atomic E-state index is 0.489. The van der Waals surface area contributed by atoms with Crippen LogP contribution < -0.4 is 0 Å². The zero-order valence-corrected chi connectivity index (χ0v) is 16.5. The van der Waals surface area contributed by atoms with Gasteiger partial charge in [0.15, 0.2) is 11.0 Å². The van der Waals surface area contributed by atoms with Crippen LogP contribution in [0.2, 0.25) is 0 Å².